The molecule has 0 radical (unpaired) electrons. The lowest BCUT2D eigenvalue weighted by molar-refractivity contribution is 0.0692. The van der Waals surface area contributed by atoms with Crippen LogP contribution >= 0.6 is 7.60 Å². The largest absolute Gasteiger partial charge is 0.422 e. The minimum absolute atomic E-state index is 0.139. The Bertz CT molecular complexity index is 746. The van der Waals surface area contributed by atoms with Gasteiger partial charge in [0.05, 0.1) is 24.6 Å². The summed E-state index contributed by atoms with van der Waals surface area (Å²) in [5, 5.41) is 0. The van der Waals surface area contributed by atoms with Crippen molar-refractivity contribution in [2.24, 2.45) is 0 Å². The van der Waals surface area contributed by atoms with Crippen LogP contribution in [0.3, 0.4) is 0 Å². The first-order valence-electron chi connectivity index (χ1n) is 8.02. The van der Waals surface area contributed by atoms with Crippen molar-refractivity contribution in [3.8, 4) is 0 Å². The topological polar surface area (TPSA) is 61.8 Å². The maximum absolute atomic E-state index is 12.8. The molecule has 0 saturated heterocycles. The lowest BCUT2D eigenvalue weighted by Crippen LogP contribution is -2.05. The van der Waals surface area contributed by atoms with Crippen molar-refractivity contribution < 1.29 is 23.1 Å². The molecule has 0 atom stereocenters. The van der Waals surface area contributed by atoms with Crippen LogP contribution in [0.25, 0.3) is 5.76 Å². The number of hydrogen-bond acceptors (Lipinski definition) is 5. The van der Waals surface area contributed by atoms with Crippen molar-refractivity contribution in [2.75, 3.05) is 13.2 Å². The molecule has 0 heterocycles. The van der Waals surface area contributed by atoms with Gasteiger partial charge in [0, 0.05) is 5.56 Å². The van der Waals surface area contributed by atoms with Gasteiger partial charge >= 0.3 is 13.6 Å². The molecule has 0 saturated carbocycles. The first-order chi connectivity index (χ1) is 12.1. The Morgan fingerprint density at radius 2 is 1.36 bits per heavy atom. The number of carbonyl (C=O) groups is 1. The molecule has 0 unspecified atom stereocenters. The second-order valence-corrected chi connectivity index (χ2v) is 6.84. The van der Waals surface area contributed by atoms with Gasteiger partial charge in [-0.15, -0.1) is 0 Å². The molecule has 0 amide bonds. The summed E-state index contributed by atoms with van der Waals surface area (Å²) in [5.41, 5.74) is 0.999. The van der Waals surface area contributed by atoms with Gasteiger partial charge < -0.3 is 13.8 Å². The number of benzene rings is 2. The van der Waals surface area contributed by atoms with Gasteiger partial charge in [0.1, 0.15) is 5.76 Å². The van der Waals surface area contributed by atoms with Gasteiger partial charge in [0.25, 0.3) is 0 Å². The molecule has 0 spiro atoms. The minimum Gasteiger partial charge on any atom is -0.422 e. The standard InChI is InChI=1S/C19H21O5P/c1-3-22-25(21,23-4-2)15-18(16-11-7-5-8-12-16)24-19(20)17-13-9-6-10-14-17/h5-15H,3-4H2,1-2H3/b18-15-. The van der Waals surface area contributed by atoms with Crippen LogP contribution in [0.4, 0.5) is 0 Å². The predicted octanol–water partition coefficient (Wildman–Crippen LogP) is 5.11. The fraction of sp³-hybridized carbons (Fsp3) is 0.211. The fourth-order valence-corrected chi connectivity index (χ4v) is 3.54. The summed E-state index contributed by atoms with van der Waals surface area (Å²) in [7, 11) is -3.53. The lowest BCUT2D eigenvalue weighted by atomic mass is 10.2. The summed E-state index contributed by atoms with van der Waals surface area (Å²) >= 11 is 0. The number of carbonyl (C=O) groups excluding carboxylic acids is 1. The molecule has 6 heteroatoms. The monoisotopic (exact) mass is 360 g/mol. The third-order valence-corrected chi connectivity index (χ3v) is 4.95. The molecule has 0 N–H and O–H groups in total. The van der Waals surface area contributed by atoms with E-state index in [9.17, 15) is 9.36 Å². The van der Waals surface area contributed by atoms with E-state index in [2.05, 4.69) is 0 Å². The molecular weight excluding hydrogens is 339 g/mol. The molecule has 0 aliphatic rings. The van der Waals surface area contributed by atoms with Crippen LogP contribution in [0.5, 0.6) is 0 Å². The van der Waals surface area contributed by atoms with Crippen LogP contribution in [0.15, 0.2) is 66.5 Å². The zero-order valence-corrected chi connectivity index (χ0v) is 15.1. The van der Waals surface area contributed by atoms with Crippen molar-refractivity contribution >= 4 is 19.3 Å². The Morgan fingerprint density at radius 3 is 1.84 bits per heavy atom. The van der Waals surface area contributed by atoms with Crippen LogP contribution in [-0.4, -0.2) is 19.2 Å². The van der Waals surface area contributed by atoms with Gasteiger partial charge in [-0.2, -0.15) is 0 Å². The van der Waals surface area contributed by atoms with E-state index in [0.717, 1.165) is 0 Å². The molecule has 2 rings (SSSR count). The molecule has 0 aliphatic heterocycles. The van der Waals surface area contributed by atoms with E-state index in [1.807, 2.05) is 12.1 Å². The summed E-state index contributed by atoms with van der Waals surface area (Å²) in [6, 6.07) is 17.5. The molecule has 2 aromatic rings. The van der Waals surface area contributed by atoms with Gasteiger partial charge in [-0.25, -0.2) is 4.79 Å². The molecule has 25 heavy (non-hydrogen) atoms. The van der Waals surface area contributed by atoms with Gasteiger partial charge in [0.15, 0.2) is 0 Å². The van der Waals surface area contributed by atoms with Crippen molar-refractivity contribution in [3.63, 3.8) is 0 Å². The lowest BCUT2D eigenvalue weighted by Gasteiger charge is -2.16. The summed E-state index contributed by atoms with van der Waals surface area (Å²) in [6.45, 7) is 3.86. The van der Waals surface area contributed by atoms with Gasteiger partial charge in [-0.05, 0) is 26.0 Å². The van der Waals surface area contributed by atoms with E-state index in [0.29, 0.717) is 11.1 Å². The summed E-state index contributed by atoms with van der Waals surface area (Å²) in [6.07, 6.45) is 0. The maximum atomic E-state index is 12.8. The summed E-state index contributed by atoms with van der Waals surface area (Å²) in [4.78, 5) is 12.4. The third kappa shape index (κ3) is 5.68. The van der Waals surface area contributed by atoms with Crippen LogP contribution in [0.1, 0.15) is 29.8 Å². The highest BCUT2D eigenvalue weighted by Gasteiger charge is 2.24. The predicted molar refractivity (Wildman–Crippen MR) is 97.1 cm³/mol. The molecule has 0 aliphatic carbocycles. The molecule has 0 fully saturated rings. The van der Waals surface area contributed by atoms with Crippen molar-refractivity contribution in [1.82, 2.24) is 0 Å². The average Bonchev–Trinajstić information content (AvgIpc) is 2.63. The Kier molecular flexibility index (Phi) is 7.14. The number of rotatable bonds is 8. The molecule has 5 nitrogen and oxygen atoms in total. The third-order valence-electron chi connectivity index (χ3n) is 3.16. The zero-order valence-electron chi connectivity index (χ0n) is 14.3. The number of ether oxygens (including phenoxy) is 1. The summed E-state index contributed by atoms with van der Waals surface area (Å²) < 4.78 is 28.9. The van der Waals surface area contributed by atoms with Gasteiger partial charge in [-0.1, -0.05) is 48.5 Å². The molecule has 132 valence electrons. The van der Waals surface area contributed by atoms with E-state index >= 15 is 0 Å². The Morgan fingerprint density at radius 1 is 0.880 bits per heavy atom. The van der Waals surface area contributed by atoms with Crippen molar-refractivity contribution in [1.29, 1.82) is 0 Å². The smallest absolute Gasteiger partial charge is 0.357 e. The van der Waals surface area contributed by atoms with Crippen LogP contribution in [-0.2, 0) is 18.3 Å². The highest BCUT2D eigenvalue weighted by atomic mass is 31.2. The van der Waals surface area contributed by atoms with Crippen molar-refractivity contribution in [3.05, 3.63) is 77.6 Å². The maximum Gasteiger partial charge on any atom is 0.357 e. The Hall–Kier alpha value is -2.20. The van der Waals surface area contributed by atoms with Crippen molar-refractivity contribution in [2.45, 2.75) is 13.8 Å². The van der Waals surface area contributed by atoms with Crippen LogP contribution in [0, 0.1) is 0 Å². The van der Waals surface area contributed by atoms with E-state index in [4.69, 9.17) is 13.8 Å². The molecule has 0 aromatic heterocycles. The van der Waals surface area contributed by atoms with E-state index in [1.165, 1.54) is 5.82 Å². The first-order valence-corrected chi connectivity index (χ1v) is 9.63. The highest BCUT2D eigenvalue weighted by Crippen LogP contribution is 2.51. The number of hydrogen-bond donors (Lipinski definition) is 0. The second-order valence-electron chi connectivity index (χ2n) is 4.99. The quantitative estimate of drug-likeness (QED) is 0.372. The van der Waals surface area contributed by atoms with Gasteiger partial charge in [0.2, 0.25) is 0 Å². The summed E-state index contributed by atoms with van der Waals surface area (Å²) in [5.74, 6) is 0.853. The highest BCUT2D eigenvalue weighted by molar-refractivity contribution is 7.57. The average molecular weight is 360 g/mol. The first kappa shape index (κ1) is 19.1. The Balaban J connectivity index is 2.38. The number of esters is 1. The molecule has 0 bridgehead atoms. The zero-order chi connectivity index (χ0) is 18.1. The normalized spacial score (nSPS) is 12.0. The van der Waals surface area contributed by atoms with E-state index in [1.54, 1.807) is 62.4 Å². The SMILES string of the molecule is CCOP(=O)(/C=C(\OC(=O)c1ccccc1)c1ccccc1)OCC. The molecular formula is C19H21O5P. The Labute approximate surface area is 147 Å². The fourth-order valence-electron chi connectivity index (χ4n) is 2.11. The van der Waals surface area contributed by atoms with E-state index < -0.39 is 13.6 Å². The van der Waals surface area contributed by atoms with E-state index in [-0.39, 0.29) is 19.0 Å². The second kappa shape index (κ2) is 9.33. The molecule has 2 aromatic carbocycles. The van der Waals surface area contributed by atoms with Crippen LogP contribution in [0.2, 0.25) is 0 Å². The minimum atomic E-state index is -3.53. The van der Waals surface area contributed by atoms with Crippen LogP contribution < -0.4 is 0 Å². The van der Waals surface area contributed by atoms with Gasteiger partial charge in [-0.3, -0.25) is 4.57 Å².